The Hall–Kier alpha value is -0.780. The first kappa shape index (κ1) is 7.33. The van der Waals surface area contributed by atoms with E-state index in [0.717, 1.165) is 12.8 Å². The summed E-state index contributed by atoms with van der Waals surface area (Å²) < 4.78 is 0. The van der Waals surface area contributed by atoms with Crippen molar-refractivity contribution in [3.05, 3.63) is 35.5 Å². The Morgan fingerprint density at radius 1 is 1.50 bits per heavy atom. The van der Waals surface area contributed by atoms with Gasteiger partial charge in [0, 0.05) is 0 Å². The molecule has 0 atom stereocenters. The van der Waals surface area contributed by atoms with Crippen LogP contribution >= 0.6 is 0 Å². The van der Waals surface area contributed by atoms with Gasteiger partial charge < -0.3 is 0 Å². The van der Waals surface area contributed by atoms with E-state index >= 15 is 0 Å². The number of hydrogen-bond donors (Lipinski definition) is 0. The molecule has 1 aliphatic rings. The lowest BCUT2D eigenvalue weighted by Gasteiger charge is -1.93. The zero-order valence-corrected chi connectivity index (χ0v) is 6.72. The summed E-state index contributed by atoms with van der Waals surface area (Å²) in [7, 11) is 0. The Labute approximate surface area is 62.9 Å². The number of hydrogen-bond acceptors (Lipinski definition) is 0. The summed E-state index contributed by atoms with van der Waals surface area (Å²) in [5, 5.41) is 0. The fraction of sp³-hybridized carbons (Fsp3) is 0.400. The van der Waals surface area contributed by atoms with Crippen LogP contribution in [-0.4, -0.2) is 0 Å². The van der Waals surface area contributed by atoms with E-state index in [0.29, 0.717) is 0 Å². The Balaban J connectivity index is 2.79. The predicted octanol–water partition coefficient (Wildman–Crippen LogP) is 3.23. The highest BCUT2D eigenvalue weighted by Crippen LogP contribution is 2.12. The van der Waals surface area contributed by atoms with Gasteiger partial charge in [0.1, 0.15) is 0 Å². The molecule has 1 aliphatic carbocycles. The van der Waals surface area contributed by atoms with Gasteiger partial charge in [-0.1, -0.05) is 36.8 Å². The molecule has 0 aromatic carbocycles. The third kappa shape index (κ3) is 1.87. The largest absolute Gasteiger partial charge is 0.0805 e. The maximum atomic E-state index is 2.25. The lowest BCUT2D eigenvalue weighted by Crippen LogP contribution is -1.73. The summed E-state index contributed by atoms with van der Waals surface area (Å²) in [4.78, 5) is 0. The van der Waals surface area contributed by atoms with Crippen molar-refractivity contribution in [3.63, 3.8) is 0 Å². The Kier molecular flexibility index (Phi) is 2.49. The van der Waals surface area contributed by atoms with E-state index in [2.05, 4.69) is 38.2 Å². The van der Waals surface area contributed by atoms with Crippen molar-refractivity contribution in [2.24, 2.45) is 0 Å². The molecule has 0 unspecified atom stereocenters. The lowest BCUT2D eigenvalue weighted by atomic mass is 10.1. The zero-order chi connectivity index (χ0) is 7.40. The molecule has 0 bridgehead atoms. The second-order valence-corrected chi connectivity index (χ2v) is 2.66. The van der Waals surface area contributed by atoms with Crippen molar-refractivity contribution in [1.29, 1.82) is 0 Å². The van der Waals surface area contributed by atoms with Gasteiger partial charge in [0.15, 0.2) is 0 Å². The molecule has 0 aromatic heterocycles. The molecule has 0 N–H and O–H groups in total. The van der Waals surface area contributed by atoms with E-state index in [-0.39, 0.29) is 0 Å². The van der Waals surface area contributed by atoms with Gasteiger partial charge in [0.05, 0.1) is 0 Å². The van der Waals surface area contributed by atoms with E-state index in [1.807, 2.05) is 0 Å². The van der Waals surface area contributed by atoms with Crippen LogP contribution in [0, 0.1) is 0 Å². The fourth-order valence-electron chi connectivity index (χ4n) is 1.09. The van der Waals surface area contributed by atoms with E-state index in [4.69, 9.17) is 0 Å². The molecule has 0 aliphatic heterocycles. The molecular weight excluding hydrogens is 120 g/mol. The molecular formula is C10H14. The van der Waals surface area contributed by atoms with Crippen LogP contribution in [0.3, 0.4) is 0 Å². The van der Waals surface area contributed by atoms with Gasteiger partial charge in [-0.15, -0.1) is 0 Å². The van der Waals surface area contributed by atoms with Gasteiger partial charge in [-0.3, -0.25) is 0 Å². The molecule has 0 nitrogen and oxygen atoms in total. The molecule has 0 aromatic rings. The average molecular weight is 134 g/mol. The summed E-state index contributed by atoms with van der Waals surface area (Å²) in [6.07, 6.45) is 11.2. The molecule has 10 heavy (non-hydrogen) atoms. The highest BCUT2D eigenvalue weighted by Gasteiger charge is 1.91. The van der Waals surface area contributed by atoms with Crippen molar-refractivity contribution in [2.45, 2.75) is 26.7 Å². The highest BCUT2D eigenvalue weighted by molar-refractivity contribution is 5.32. The van der Waals surface area contributed by atoms with Gasteiger partial charge in [-0.25, -0.2) is 0 Å². The molecule has 0 heterocycles. The van der Waals surface area contributed by atoms with Gasteiger partial charge in [0.2, 0.25) is 0 Å². The quantitative estimate of drug-likeness (QED) is 0.516. The van der Waals surface area contributed by atoms with Crippen LogP contribution in [-0.2, 0) is 0 Å². The van der Waals surface area contributed by atoms with Crippen molar-refractivity contribution in [3.8, 4) is 0 Å². The third-order valence-corrected chi connectivity index (χ3v) is 1.73. The maximum absolute atomic E-state index is 2.25. The van der Waals surface area contributed by atoms with Crippen LogP contribution in [0.15, 0.2) is 35.5 Å². The molecule has 0 heteroatoms. The molecule has 0 spiro atoms. The average Bonchev–Trinajstić information content (AvgIpc) is 2.13. The van der Waals surface area contributed by atoms with E-state index in [1.54, 1.807) is 0 Å². The minimum Gasteiger partial charge on any atom is -0.0805 e. The van der Waals surface area contributed by atoms with Crippen molar-refractivity contribution in [1.82, 2.24) is 0 Å². The van der Waals surface area contributed by atoms with E-state index in [9.17, 15) is 0 Å². The minimum absolute atomic E-state index is 1.09. The van der Waals surface area contributed by atoms with Crippen LogP contribution in [0.25, 0.3) is 0 Å². The fourth-order valence-corrected chi connectivity index (χ4v) is 1.09. The predicted molar refractivity (Wildman–Crippen MR) is 45.9 cm³/mol. The van der Waals surface area contributed by atoms with Gasteiger partial charge in [-0.2, -0.15) is 0 Å². The smallest absolute Gasteiger partial charge is 0.0160 e. The SMILES string of the molecule is CCC1=CC(C)=CCC=C1. The summed E-state index contributed by atoms with van der Waals surface area (Å²) in [5.41, 5.74) is 2.83. The molecule has 0 amide bonds. The lowest BCUT2D eigenvalue weighted by molar-refractivity contribution is 1.14. The van der Waals surface area contributed by atoms with Gasteiger partial charge >= 0.3 is 0 Å². The third-order valence-electron chi connectivity index (χ3n) is 1.73. The zero-order valence-electron chi connectivity index (χ0n) is 6.72. The van der Waals surface area contributed by atoms with Crippen LogP contribution in [0.4, 0.5) is 0 Å². The van der Waals surface area contributed by atoms with Gasteiger partial charge in [0.25, 0.3) is 0 Å². The van der Waals surface area contributed by atoms with Crippen LogP contribution < -0.4 is 0 Å². The topological polar surface area (TPSA) is 0 Å². The van der Waals surface area contributed by atoms with Crippen molar-refractivity contribution in [2.75, 3.05) is 0 Å². The van der Waals surface area contributed by atoms with Crippen LogP contribution in [0.2, 0.25) is 0 Å². The first-order chi connectivity index (χ1) is 4.83. The van der Waals surface area contributed by atoms with Crippen molar-refractivity contribution >= 4 is 0 Å². The highest BCUT2D eigenvalue weighted by atomic mass is 14.0. The number of rotatable bonds is 1. The summed E-state index contributed by atoms with van der Waals surface area (Å²) >= 11 is 0. The van der Waals surface area contributed by atoms with Crippen LogP contribution in [0.5, 0.6) is 0 Å². The molecule has 54 valence electrons. The first-order valence-electron chi connectivity index (χ1n) is 3.87. The van der Waals surface area contributed by atoms with Gasteiger partial charge in [-0.05, 0) is 25.3 Å². The minimum atomic E-state index is 1.09. The molecule has 0 radical (unpaired) electrons. The summed E-state index contributed by atoms with van der Waals surface area (Å²) in [6.45, 7) is 4.34. The maximum Gasteiger partial charge on any atom is -0.0160 e. The second kappa shape index (κ2) is 3.40. The molecule has 1 rings (SSSR count). The molecule has 0 fully saturated rings. The Bertz CT molecular complexity index is 192. The number of allylic oxidation sites excluding steroid dienone is 6. The van der Waals surface area contributed by atoms with Crippen LogP contribution in [0.1, 0.15) is 26.7 Å². The van der Waals surface area contributed by atoms with E-state index < -0.39 is 0 Å². The van der Waals surface area contributed by atoms with Crippen molar-refractivity contribution < 1.29 is 0 Å². The monoisotopic (exact) mass is 134 g/mol. The van der Waals surface area contributed by atoms with E-state index in [1.165, 1.54) is 11.1 Å². The second-order valence-electron chi connectivity index (χ2n) is 2.66. The standard InChI is InChI=1S/C10H14/c1-3-10-7-5-4-6-9(2)8-10/h5-8H,3-4H2,1-2H3. The first-order valence-corrected chi connectivity index (χ1v) is 3.87. The summed E-state index contributed by atoms with van der Waals surface area (Å²) in [5.74, 6) is 0. The molecule has 0 saturated heterocycles. The molecule has 0 saturated carbocycles. The Morgan fingerprint density at radius 2 is 2.30 bits per heavy atom. The Morgan fingerprint density at radius 3 is 3.00 bits per heavy atom. The summed E-state index contributed by atoms with van der Waals surface area (Å²) in [6, 6.07) is 0. The normalized spacial score (nSPS) is 17.8.